The number of nitrogens with zero attached hydrogens (tertiary/aromatic N) is 2. The molecule has 1 aliphatic rings. The molecular weight excluding hydrogens is 407 g/mol. The molecule has 25 heavy (non-hydrogen) atoms. The summed E-state index contributed by atoms with van der Waals surface area (Å²) in [6, 6.07) is 12.3. The van der Waals surface area contributed by atoms with Gasteiger partial charge in [0.2, 0.25) is 0 Å². The summed E-state index contributed by atoms with van der Waals surface area (Å²) in [6.45, 7) is 3.74. The van der Waals surface area contributed by atoms with Crippen molar-refractivity contribution in [2.45, 2.75) is 13.0 Å². The zero-order valence-electron chi connectivity index (χ0n) is 13.7. The third kappa shape index (κ3) is 4.81. The van der Waals surface area contributed by atoms with Gasteiger partial charge in [-0.2, -0.15) is 0 Å². The fourth-order valence-electron chi connectivity index (χ4n) is 3.01. The van der Waals surface area contributed by atoms with E-state index in [1.54, 1.807) is 17.0 Å². The molecule has 6 heteroatoms. The highest BCUT2D eigenvalue weighted by Gasteiger charge is 2.22. The summed E-state index contributed by atoms with van der Waals surface area (Å²) in [4.78, 5) is 16.7. The van der Waals surface area contributed by atoms with E-state index in [1.807, 2.05) is 24.3 Å². The molecule has 1 aliphatic heterocycles. The van der Waals surface area contributed by atoms with Gasteiger partial charge in [-0.3, -0.25) is 9.69 Å². The van der Waals surface area contributed by atoms with Gasteiger partial charge in [-0.25, -0.2) is 4.39 Å². The minimum atomic E-state index is -0.476. The van der Waals surface area contributed by atoms with Crippen molar-refractivity contribution in [3.8, 4) is 0 Å². The normalized spacial score (nSPS) is 15.9. The van der Waals surface area contributed by atoms with Gasteiger partial charge in [-0.1, -0.05) is 39.7 Å². The minimum Gasteiger partial charge on any atom is -0.337 e. The summed E-state index contributed by atoms with van der Waals surface area (Å²) in [6.07, 6.45) is 0.870. The first-order valence-corrected chi connectivity index (χ1v) is 9.41. The molecule has 1 heterocycles. The zero-order chi connectivity index (χ0) is 17.8. The van der Waals surface area contributed by atoms with Gasteiger partial charge in [0.05, 0.1) is 5.56 Å². The minimum absolute atomic E-state index is 0.125. The first-order chi connectivity index (χ1) is 12.0. The molecule has 0 spiro atoms. The van der Waals surface area contributed by atoms with Crippen molar-refractivity contribution in [1.82, 2.24) is 9.80 Å². The Morgan fingerprint density at radius 2 is 1.84 bits per heavy atom. The molecule has 3 rings (SSSR count). The first-order valence-electron chi connectivity index (χ1n) is 8.24. The number of hydrogen-bond acceptors (Lipinski definition) is 2. The lowest BCUT2D eigenvalue weighted by atomic mass is 10.2. The summed E-state index contributed by atoms with van der Waals surface area (Å²) >= 11 is 9.23. The van der Waals surface area contributed by atoms with Crippen LogP contribution in [-0.4, -0.2) is 41.9 Å². The largest absolute Gasteiger partial charge is 0.337 e. The predicted molar refractivity (Wildman–Crippen MR) is 101 cm³/mol. The van der Waals surface area contributed by atoms with E-state index in [9.17, 15) is 9.18 Å². The van der Waals surface area contributed by atoms with E-state index in [-0.39, 0.29) is 11.5 Å². The number of amides is 1. The average molecular weight is 426 g/mol. The van der Waals surface area contributed by atoms with Crippen molar-refractivity contribution in [2.24, 2.45) is 0 Å². The predicted octanol–water partition coefficient (Wildman–Crippen LogP) is 4.59. The van der Waals surface area contributed by atoms with Gasteiger partial charge in [-0.15, -0.1) is 0 Å². The number of hydrogen-bond donors (Lipinski definition) is 0. The lowest BCUT2D eigenvalue weighted by Gasteiger charge is -2.22. The van der Waals surface area contributed by atoms with Crippen molar-refractivity contribution in [3.63, 3.8) is 0 Å². The Labute approximate surface area is 160 Å². The lowest BCUT2D eigenvalue weighted by Crippen LogP contribution is -2.35. The third-order valence-electron chi connectivity index (χ3n) is 4.35. The standard InChI is InChI=1S/C19H19BrClFN2O/c20-15-4-7-18(22)17(12-15)19(25)24-9-1-8-23(10-11-24)13-14-2-5-16(21)6-3-14/h2-7,12H,1,8-11,13H2. The quantitative estimate of drug-likeness (QED) is 0.718. The molecule has 3 nitrogen and oxygen atoms in total. The first kappa shape index (κ1) is 18.4. The SMILES string of the molecule is O=C(c1cc(Br)ccc1F)N1CCCN(Cc2ccc(Cl)cc2)CC1. The van der Waals surface area contributed by atoms with Crippen LogP contribution in [0.5, 0.6) is 0 Å². The van der Waals surface area contributed by atoms with Gasteiger partial charge in [0, 0.05) is 42.2 Å². The summed E-state index contributed by atoms with van der Waals surface area (Å²) in [5, 5.41) is 0.729. The summed E-state index contributed by atoms with van der Waals surface area (Å²) in [5.41, 5.74) is 1.32. The number of halogens is 3. The highest BCUT2D eigenvalue weighted by molar-refractivity contribution is 9.10. The van der Waals surface area contributed by atoms with Crippen LogP contribution in [0, 0.1) is 5.82 Å². The summed E-state index contributed by atoms with van der Waals surface area (Å²) in [7, 11) is 0. The van der Waals surface area contributed by atoms with E-state index >= 15 is 0 Å². The molecule has 0 aromatic heterocycles. The number of carbonyl (C=O) groups excluding carboxylic acids is 1. The second-order valence-electron chi connectivity index (χ2n) is 6.17. The van der Waals surface area contributed by atoms with Crippen LogP contribution in [0.4, 0.5) is 4.39 Å². The smallest absolute Gasteiger partial charge is 0.256 e. The molecule has 132 valence electrons. The van der Waals surface area contributed by atoms with Crippen molar-refractivity contribution in [2.75, 3.05) is 26.2 Å². The third-order valence-corrected chi connectivity index (χ3v) is 5.10. The van der Waals surface area contributed by atoms with Crippen molar-refractivity contribution in [3.05, 3.63) is 68.9 Å². The molecule has 1 fully saturated rings. The van der Waals surface area contributed by atoms with E-state index < -0.39 is 5.82 Å². The van der Waals surface area contributed by atoms with Gasteiger partial charge in [0.25, 0.3) is 5.91 Å². The van der Waals surface area contributed by atoms with E-state index in [2.05, 4.69) is 20.8 Å². The molecular formula is C19H19BrClFN2O. The van der Waals surface area contributed by atoms with Crippen LogP contribution >= 0.6 is 27.5 Å². The van der Waals surface area contributed by atoms with Crippen LogP contribution in [0.2, 0.25) is 5.02 Å². The molecule has 0 unspecified atom stereocenters. The Kier molecular flexibility index (Phi) is 6.10. The zero-order valence-corrected chi connectivity index (χ0v) is 16.1. The Bertz CT molecular complexity index is 754. The molecule has 2 aromatic rings. The van der Waals surface area contributed by atoms with Crippen LogP contribution in [0.3, 0.4) is 0 Å². The fourth-order valence-corrected chi connectivity index (χ4v) is 3.50. The maximum absolute atomic E-state index is 14.0. The molecule has 0 aliphatic carbocycles. The molecule has 0 atom stereocenters. The molecule has 0 N–H and O–H groups in total. The van der Waals surface area contributed by atoms with Crippen LogP contribution in [0.15, 0.2) is 46.9 Å². The van der Waals surface area contributed by atoms with Crippen LogP contribution in [0.25, 0.3) is 0 Å². The van der Waals surface area contributed by atoms with E-state index in [0.29, 0.717) is 17.6 Å². The Morgan fingerprint density at radius 1 is 1.08 bits per heavy atom. The van der Waals surface area contributed by atoms with Crippen molar-refractivity contribution < 1.29 is 9.18 Å². The number of rotatable bonds is 3. The second kappa shape index (κ2) is 8.30. The maximum Gasteiger partial charge on any atom is 0.256 e. The number of benzene rings is 2. The topological polar surface area (TPSA) is 23.6 Å². The highest BCUT2D eigenvalue weighted by Crippen LogP contribution is 2.19. The van der Waals surface area contributed by atoms with Gasteiger partial charge in [-0.05, 0) is 42.3 Å². The van der Waals surface area contributed by atoms with Crippen LogP contribution in [0.1, 0.15) is 22.3 Å². The van der Waals surface area contributed by atoms with Crippen molar-refractivity contribution in [1.29, 1.82) is 0 Å². The maximum atomic E-state index is 14.0. The molecule has 1 saturated heterocycles. The molecule has 1 amide bonds. The van der Waals surface area contributed by atoms with E-state index in [4.69, 9.17) is 11.6 Å². The van der Waals surface area contributed by atoms with Gasteiger partial charge < -0.3 is 4.90 Å². The monoisotopic (exact) mass is 424 g/mol. The molecule has 2 aromatic carbocycles. The van der Waals surface area contributed by atoms with Gasteiger partial charge >= 0.3 is 0 Å². The molecule has 0 saturated carbocycles. The van der Waals surface area contributed by atoms with Crippen molar-refractivity contribution >= 4 is 33.4 Å². The summed E-state index contributed by atoms with van der Waals surface area (Å²) < 4.78 is 14.7. The Balaban J connectivity index is 1.64. The fraction of sp³-hybridized carbons (Fsp3) is 0.316. The average Bonchev–Trinajstić information content (AvgIpc) is 2.84. The van der Waals surface area contributed by atoms with Crippen LogP contribution in [-0.2, 0) is 6.54 Å². The van der Waals surface area contributed by atoms with Crippen LogP contribution < -0.4 is 0 Å². The molecule has 0 radical (unpaired) electrons. The Hall–Kier alpha value is -1.43. The van der Waals surface area contributed by atoms with Gasteiger partial charge in [0.15, 0.2) is 0 Å². The summed E-state index contributed by atoms with van der Waals surface area (Å²) in [5.74, 6) is -0.720. The van der Waals surface area contributed by atoms with E-state index in [1.165, 1.54) is 11.6 Å². The number of carbonyl (C=O) groups is 1. The molecule has 0 bridgehead atoms. The Morgan fingerprint density at radius 3 is 2.60 bits per heavy atom. The highest BCUT2D eigenvalue weighted by atomic mass is 79.9. The lowest BCUT2D eigenvalue weighted by molar-refractivity contribution is 0.0756. The second-order valence-corrected chi connectivity index (χ2v) is 7.52. The van der Waals surface area contributed by atoms with Gasteiger partial charge in [0.1, 0.15) is 5.82 Å². The van der Waals surface area contributed by atoms with E-state index in [0.717, 1.165) is 31.1 Å².